The molecule has 5 aromatic heterocycles. The van der Waals surface area contributed by atoms with Gasteiger partial charge in [-0.3, -0.25) is 14.7 Å². The summed E-state index contributed by atoms with van der Waals surface area (Å²) in [5, 5.41) is 1.42. The second kappa shape index (κ2) is 11.8. The largest absolute Gasteiger partial charge is 0.443 e. The van der Waals surface area contributed by atoms with Crippen molar-refractivity contribution in [3.8, 4) is 11.1 Å². The number of anilines is 2. The van der Waals surface area contributed by atoms with Crippen LogP contribution in [0.4, 0.5) is 16.3 Å². The van der Waals surface area contributed by atoms with Crippen molar-refractivity contribution in [1.29, 1.82) is 0 Å². The number of amides is 1. The normalized spacial score (nSPS) is 13.2. The van der Waals surface area contributed by atoms with Gasteiger partial charge in [0, 0.05) is 67.6 Å². The van der Waals surface area contributed by atoms with E-state index in [1.807, 2.05) is 104 Å². The lowest BCUT2D eigenvalue weighted by molar-refractivity contribution is 0.0576. The van der Waals surface area contributed by atoms with Crippen LogP contribution in [0.25, 0.3) is 27.5 Å². The van der Waals surface area contributed by atoms with Crippen LogP contribution in [-0.2, 0) is 17.8 Å². The number of hydrogen-bond acceptors (Lipinski definition) is 7. The minimum atomic E-state index is -0.659. The Labute approximate surface area is 266 Å². The SMILES string of the molecule is CC(C)(C)OC(=O)N(Cc1ccc2nc(Cn3ccc4c(-c5ccccc5)cncc4c3=O)cn2c1)c1cc(N2CCC2)ccn1. The van der Waals surface area contributed by atoms with Crippen molar-refractivity contribution in [2.75, 3.05) is 22.9 Å². The maximum absolute atomic E-state index is 13.5. The number of nitrogens with zero attached hydrogens (tertiary/aromatic N) is 7. The molecular formula is C36H35N7O3. The molecule has 10 nitrogen and oxygen atoms in total. The van der Waals surface area contributed by atoms with Gasteiger partial charge in [0.05, 0.1) is 24.2 Å². The van der Waals surface area contributed by atoms with Gasteiger partial charge >= 0.3 is 6.09 Å². The third kappa shape index (κ3) is 5.93. The molecule has 0 aliphatic carbocycles. The lowest BCUT2D eigenvalue weighted by Gasteiger charge is -2.34. The van der Waals surface area contributed by atoms with E-state index in [1.165, 1.54) is 0 Å². The number of aromatic nitrogens is 5. The summed E-state index contributed by atoms with van der Waals surface area (Å²) in [6, 6.07) is 19.7. The molecule has 0 N–H and O–H groups in total. The summed E-state index contributed by atoms with van der Waals surface area (Å²) in [7, 11) is 0. The van der Waals surface area contributed by atoms with Crippen LogP contribution in [-0.4, -0.2) is 48.7 Å². The molecule has 46 heavy (non-hydrogen) atoms. The van der Waals surface area contributed by atoms with Crippen molar-refractivity contribution >= 4 is 34.0 Å². The molecule has 1 saturated heterocycles. The van der Waals surface area contributed by atoms with E-state index in [4.69, 9.17) is 9.72 Å². The van der Waals surface area contributed by atoms with Crippen LogP contribution in [0.15, 0.2) is 103 Å². The predicted molar refractivity (Wildman–Crippen MR) is 179 cm³/mol. The number of imidazole rings is 1. The molecule has 0 spiro atoms. The van der Waals surface area contributed by atoms with E-state index >= 15 is 0 Å². The molecule has 1 aliphatic rings. The Kier molecular flexibility index (Phi) is 7.48. The maximum atomic E-state index is 13.5. The molecular weight excluding hydrogens is 578 g/mol. The Bertz CT molecular complexity index is 2110. The number of pyridine rings is 4. The van der Waals surface area contributed by atoms with Crippen molar-refractivity contribution in [2.24, 2.45) is 0 Å². The van der Waals surface area contributed by atoms with E-state index in [-0.39, 0.29) is 12.1 Å². The van der Waals surface area contributed by atoms with Crippen LogP contribution in [0.1, 0.15) is 38.4 Å². The fourth-order valence-corrected chi connectivity index (χ4v) is 5.68. The Morgan fingerprint density at radius 1 is 0.978 bits per heavy atom. The predicted octanol–water partition coefficient (Wildman–Crippen LogP) is 6.31. The smallest absolute Gasteiger partial charge is 0.416 e. The van der Waals surface area contributed by atoms with E-state index < -0.39 is 11.7 Å². The number of carbonyl (C=O) groups is 1. The van der Waals surface area contributed by atoms with Crippen LogP contribution >= 0.6 is 0 Å². The molecule has 10 heteroatoms. The molecule has 0 unspecified atom stereocenters. The molecule has 1 aromatic carbocycles. The molecule has 7 rings (SSSR count). The van der Waals surface area contributed by atoms with Crippen molar-refractivity contribution in [3.05, 3.63) is 119 Å². The van der Waals surface area contributed by atoms with E-state index in [0.717, 1.165) is 58.6 Å². The van der Waals surface area contributed by atoms with E-state index in [2.05, 4.69) is 14.9 Å². The third-order valence-electron chi connectivity index (χ3n) is 8.06. The summed E-state index contributed by atoms with van der Waals surface area (Å²) in [6.45, 7) is 8.11. The van der Waals surface area contributed by atoms with Gasteiger partial charge in [-0.15, -0.1) is 0 Å². The zero-order chi connectivity index (χ0) is 31.8. The summed E-state index contributed by atoms with van der Waals surface area (Å²) in [5.41, 5.74) is 4.54. The highest BCUT2D eigenvalue weighted by molar-refractivity contribution is 5.95. The van der Waals surface area contributed by atoms with Gasteiger partial charge in [-0.2, -0.15) is 0 Å². The van der Waals surface area contributed by atoms with E-state index in [9.17, 15) is 9.59 Å². The molecule has 0 atom stereocenters. The lowest BCUT2D eigenvalue weighted by atomic mass is 10.0. The van der Waals surface area contributed by atoms with Crippen molar-refractivity contribution in [3.63, 3.8) is 0 Å². The number of carbonyl (C=O) groups excluding carboxylic acids is 1. The molecule has 1 aliphatic heterocycles. The number of fused-ring (bicyclic) bond motifs is 2. The standard InChI is InChI=1S/C36H35N7O3/c1-36(2,3)46-35(45)43(33-18-28(12-14-38-33)40-15-7-16-40)22-25-10-11-32-39-27(24-42(32)21-25)23-41-17-13-29-30(26-8-5-4-6-9-26)19-37-20-31(29)34(41)44/h4-6,8-14,17-21,24H,7,15-16,22-23H2,1-3H3. The Morgan fingerprint density at radius 2 is 1.80 bits per heavy atom. The van der Waals surface area contributed by atoms with Crippen LogP contribution in [0.3, 0.4) is 0 Å². The second-order valence-corrected chi connectivity index (χ2v) is 12.6. The molecule has 1 fully saturated rings. The highest BCUT2D eigenvalue weighted by Crippen LogP contribution is 2.28. The van der Waals surface area contributed by atoms with Crippen molar-refractivity contribution in [2.45, 2.75) is 45.9 Å². The van der Waals surface area contributed by atoms with Crippen LogP contribution in [0, 0.1) is 0 Å². The van der Waals surface area contributed by atoms with Gasteiger partial charge in [0.2, 0.25) is 0 Å². The van der Waals surface area contributed by atoms with Gasteiger partial charge in [0.25, 0.3) is 5.56 Å². The number of benzene rings is 1. The average Bonchev–Trinajstić information content (AvgIpc) is 3.41. The minimum absolute atomic E-state index is 0.124. The maximum Gasteiger partial charge on any atom is 0.416 e. The molecule has 232 valence electrons. The van der Waals surface area contributed by atoms with Gasteiger partial charge in [0.15, 0.2) is 0 Å². The van der Waals surface area contributed by atoms with Gasteiger partial charge in [-0.25, -0.2) is 14.8 Å². The topological polar surface area (TPSA) is 97.9 Å². The summed E-state index contributed by atoms with van der Waals surface area (Å²) < 4.78 is 9.35. The summed E-state index contributed by atoms with van der Waals surface area (Å²) in [5.74, 6) is 0.533. The molecule has 0 radical (unpaired) electrons. The first kappa shape index (κ1) is 29.2. The van der Waals surface area contributed by atoms with E-state index in [0.29, 0.717) is 17.7 Å². The van der Waals surface area contributed by atoms with Crippen LogP contribution in [0.5, 0.6) is 0 Å². The van der Waals surface area contributed by atoms with Crippen molar-refractivity contribution in [1.82, 2.24) is 23.9 Å². The zero-order valence-electron chi connectivity index (χ0n) is 26.1. The number of ether oxygens (including phenoxy) is 1. The van der Waals surface area contributed by atoms with Crippen LogP contribution in [0.2, 0.25) is 0 Å². The Hall–Kier alpha value is -5.51. The minimum Gasteiger partial charge on any atom is -0.443 e. The first-order valence-electron chi connectivity index (χ1n) is 15.4. The molecule has 0 bridgehead atoms. The molecule has 6 aromatic rings. The third-order valence-corrected chi connectivity index (χ3v) is 8.06. The lowest BCUT2D eigenvalue weighted by Crippen LogP contribution is -2.38. The number of hydrogen-bond donors (Lipinski definition) is 0. The summed E-state index contributed by atoms with van der Waals surface area (Å²) in [4.78, 5) is 44.4. The fraction of sp³-hybridized carbons (Fsp3) is 0.250. The molecule has 0 saturated carbocycles. The van der Waals surface area contributed by atoms with Gasteiger partial charge in [-0.05, 0) is 61.9 Å². The molecule has 6 heterocycles. The van der Waals surface area contributed by atoms with Gasteiger partial charge in [-0.1, -0.05) is 36.4 Å². The summed E-state index contributed by atoms with van der Waals surface area (Å²) in [6.07, 6.45) is 11.5. The van der Waals surface area contributed by atoms with Crippen LogP contribution < -0.4 is 15.4 Å². The summed E-state index contributed by atoms with van der Waals surface area (Å²) >= 11 is 0. The monoisotopic (exact) mass is 613 g/mol. The zero-order valence-corrected chi connectivity index (χ0v) is 26.1. The van der Waals surface area contributed by atoms with E-state index in [1.54, 1.807) is 28.1 Å². The highest BCUT2D eigenvalue weighted by atomic mass is 16.6. The fourth-order valence-electron chi connectivity index (χ4n) is 5.68. The average molecular weight is 614 g/mol. The van der Waals surface area contributed by atoms with Crippen molar-refractivity contribution < 1.29 is 9.53 Å². The number of rotatable bonds is 7. The quantitative estimate of drug-likeness (QED) is 0.208. The van der Waals surface area contributed by atoms with Gasteiger partial charge in [0.1, 0.15) is 17.1 Å². The second-order valence-electron chi connectivity index (χ2n) is 12.6. The highest BCUT2D eigenvalue weighted by Gasteiger charge is 2.26. The first-order chi connectivity index (χ1) is 22.2. The molecule has 1 amide bonds. The first-order valence-corrected chi connectivity index (χ1v) is 15.4. The van der Waals surface area contributed by atoms with Gasteiger partial charge < -0.3 is 18.6 Å². The Morgan fingerprint density at radius 3 is 2.57 bits per heavy atom. The Balaban J connectivity index is 1.16.